The van der Waals surface area contributed by atoms with Gasteiger partial charge in [0, 0.05) is 17.0 Å². The van der Waals surface area contributed by atoms with Crippen LogP contribution < -0.4 is 20.3 Å². The number of nitrogens with two attached hydrogens (primary N) is 1. The maximum atomic E-state index is 13.2. The van der Waals surface area contributed by atoms with E-state index in [1.54, 1.807) is 0 Å². The molecule has 0 radical (unpaired) electrons. The molecule has 0 aliphatic rings. The van der Waals surface area contributed by atoms with Crippen molar-refractivity contribution in [3.8, 4) is 5.75 Å². The van der Waals surface area contributed by atoms with Crippen LogP contribution in [0.4, 0.5) is 14.5 Å². The van der Waals surface area contributed by atoms with Crippen LogP contribution in [0.3, 0.4) is 0 Å². The molecule has 0 saturated carbocycles. The Bertz CT molecular complexity index is 1220. The summed E-state index contributed by atoms with van der Waals surface area (Å²) in [5.74, 6) is -3.36. The quantitative estimate of drug-likeness (QED) is 0.648. The van der Waals surface area contributed by atoms with Gasteiger partial charge >= 0.3 is 15.9 Å². The number of anilines is 1. The first kappa shape index (κ1) is 18.5. The van der Waals surface area contributed by atoms with Crippen LogP contribution in [0.25, 0.3) is 11.0 Å². The molecule has 0 fully saturated rings. The Hall–Kier alpha value is -3.31. The lowest BCUT2D eigenvalue weighted by Gasteiger charge is -2.07. The molecule has 0 unspecified atom stereocenters. The minimum Gasteiger partial charge on any atom is -0.421 e. The third kappa shape index (κ3) is 4.27. The topological polar surface area (TPSA) is 129 Å². The molecule has 0 atom stereocenters. The Kier molecular flexibility index (Phi) is 4.64. The van der Waals surface area contributed by atoms with Crippen molar-refractivity contribution in [2.45, 2.75) is 0 Å². The average molecular weight is 396 g/mol. The van der Waals surface area contributed by atoms with Gasteiger partial charge in [-0.05, 0) is 36.4 Å². The number of nitrogens with one attached hydrogen (secondary N) is 1. The van der Waals surface area contributed by atoms with Crippen molar-refractivity contribution in [3.05, 3.63) is 70.1 Å². The third-order valence-corrected chi connectivity index (χ3v) is 3.77. The van der Waals surface area contributed by atoms with Crippen LogP contribution in [-0.2, 0) is 10.3 Å². The summed E-state index contributed by atoms with van der Waals surface area (Å²) in [5.41, 5.74) is -1.43. The molecule has 0 bridgehead atoms. The summed E-state index contributed by atoms with van der Waals surface area (Å²) < 4.78 is 57.5. The summed E-state index contributed by atoms with van der Waals surface area (Å²) in [6.07, 6.45) is 0. The molecular weight excluding hydrogens is 386 g/mol. The minimum atomic E-state index is -4.25. The highest BCUT2D eigenvalue weighted by atomic mass is 32.2. The second-order valence-electron chi connectivity index (χ2n) is 5.31. The van der Waals surface area contributed by atoms with E-state index >= 15 is 0 Å². The number of fused-ring (bicyclic) bond motifs is 1. The van der Waals surface area contributed by atoms with Gasteiger partial charge in [0.1, 0.15) is 17.0 Å². The zero-order valence-corrected chi connectivity index (χ0v) is 14.0. The number of hydrogen-bond acceptors (Lipinski definition) is 6. The highest BCUT2D eigenvalue weighted by molar-refractivity contribution is 7.84. The molecule has 3 N–H and O–H groups in total. The van der Waals surface area contributed by atoms with Crippen molar-refractivity contribution in [1.82, 2.24) is 0 Å². The van der Waals surface area contributed by atoms with Crippen LogP contribution in [0.2, 0.25) is 0 Å². The molecule has 3 aromatic rings. The Morgan fingerprint density at radius 3 is 2.48 bits per heavy atom. The van der Waals surface area contributed by atoms with Gasteiger partial charge in [0.25, 0.3) is 5.91 Å². The molecule has 0 aliphatic heterocycles. The van der Waals surface area contributed by atoms with E-state index in [0.29, 0.717) is 11.5 Å². The van der Waals surface area contributed by atoms with Crippen molar-refractivity contribution in [2.75, 3.05) is 5.32 Å². The molecule has 27 heavy (non-hydrogen) atoms. The molecule has 0 spiro atoms. The lowest BCUT2D eigenvalue weighted by Crippen LogP contribution is -2.19. The van der Waals surface area contributed by atoms with Crippen LogP contribution >= 0.6 is 0 Å². The average Bonchev–Trinajstić information content (AvgIpc) is 2.56. The van der Waals surface area contributed by atoms with E-state index in [-0.39, 0.29) is 22.6 Å². The lowest BCUT2D eigenvalue weighted by molar-refractivity contribution is 0.102. The molecular formula is C16H10F2N2O6S. The zero-order valence-electron chi connectivity index (χ0n) is 13.2. The summed E-state index contributed by atoms with van der Waals surface area (Å²) in [6.45, 7) is 0. The second kappa shape index (κ2) is 6.78. The van der Waals surface area contributed by atoms with Crippen molar-refractivity contribution in [3.63, 3.8) is 0 Å². The van der Waals surface area contributed by atoms with Crippen LogP contribution in [0.5, 0.6) is 5.75 Å². The Morgan fingerprint density at radius 2 is 1.81 bits per heavy atom. The van der Waals surface area contributed by atoms with Gasteiger partial charge < -0.3 is 13.9 Å². The maximum Gasteiger partial charge on any atom is 0.380 e. The molecule has 3 rings (SSSR count). The van der Waals surface area contributed by atoms with Crippen LogP contribution in [0, 0.1) is 11.6 Å². The number of carbonyl (C=O) groups is 1. The molecule has 11 heteroatoms. The predicted octanol–water partition coefficient (Wildman–Crippen LogP) is 1.91. The minimum absolute atomic E-state index is 0.0213. The van der Waals surface area contributed by atoms with E-state index in [4.69, 9.17) is 9.56 Å². The molecule has 8 nitrogen and oxygen atoms in total. The van der Waals surface area contributed by atoms with Crippen molar-refractivity contribution in [1.29, 1.82) is 0 Å². The maximum absolute atomic E-state index is 13.2. The number of benzene rings is 2. The van der Waals surface area contributed by atoms with Gasteiger partial charge in [0.05, 0.1) is 0 Å². The van der Waals surface area contributed by atoms with E-state index in [9.17, 15) is 26.8 Å². The van der Waals surface area contributed by atoms with Gasteiger partial charge in [-0.2, -0.15) is 13.6 Å². The predicted molar refractivity (Wildman–Crippen MR) is 90.5 cm³/mol. The number of hydrogen-bond donors (Lipinski definition) is 2. The summed E-state index contributed by atoms with van der Waals surface area (Å²) in [5, 5.41) is 7.32. The Morgan fingerprint density at radius 1 is 1.07 bits per heavy atom. The summed E-state index contributed by atoms with van der Waals surface area (Å²) in [6, 6.07) is 7.53. The molecule has 2 aromatic carbocycles. The van der Waals surface area contributed by atoms with Crippen molar-refractivity contribution in [2.24, 2.45) is 5.14 Å². The monoisotopic (exact) mass is 396 g/mol. The van der Waals surface area contributed by atoms with Gasteiger partial charge in [-0.15, -0.1) is 0 Å². The van der Waals surface area contributed by atoms with Gasteiger partial charge in [-0.25, -0.2) is 13.6 Å². The number of halogens is 2. The van der Waals surface area contributed by atoms with E-state index in [2.05, 4.69) is 9.50 Å². The van der Waals surface area contributed by atoms with Gasteiger partial charge in [-0.1, -0.05) is 0 Å². The van der Waals surface area contributed by atoms with Crippen molar-refractivity contribution < 1.29 is 30.6 Å². The van der Waals surface area contributed by atoms with Crippen LogP contribution in [0.15, 0.2) is 51.7 Å². The van der Waals surface area contributed by atoms with E-state index in [0.717, 1.165) is 18.2 Å². The first-order valence-corrected chi connectivity index (χ1v) is 8.66. The highest BCUT2D eigenvalue weighted by Gasteiger charge is 2.14. The SMILES string of the molecule is NS(=O)(=O)Oc1ccc2cc(NC(=O)c3ccc(F)c(F)c3)c(=O)oc2c1. The normalized spacial score (nSPS) is 11.4. The number of amides is 1. The Balaban J connectivity index is 1.92. The molecule has 0 saturated heterocycles. The fourth-order valence-corrected chi connectivity index (χ4v) is 2.57. The van der Waals surface area contributed by atoms with Crippen LogP contribution in [0.1, 0.15) is 10.4 Å². The molecule has 1 amide bonds. The molecule has 140 valence electrons. The van der Waals surface area contributed by atoms with Gasteiger partial charge in [-0.3, -0.25) is 4.79 Å². The van der Waals surface area contributed by atoms with Crippen molar-refractivity contribution >= 4 is 32.9 Å². The van der Waals surface area contributed by atoms with Gasteiger partial charge in [0.15, 0.2) is 11.6 Å². The first-order chi connectivity index (χ1) is 12.6. The molecule has 0 aliphatic carbocycles. The third-order valence-electron chi connectivity index (χ3n) is 3.35. The van der Waals surface area contributed by atoms with Crippen LogP contribution in [-0.4, -0.2) is 14.3 Å². The van der Waals surface area contributed by atoms with Gasteiger partial charge in [0.2, 0.25) is 0 Å². The summed E-state index contributed by atoms with van der Waals surface area (Å²) >= 11 is 0. The highest BCUT2D eigenvalue weighted by Crippen LogP contribution is 2.22. The number of carbonyl (C=O) groups excluding carboxylic acids is 1. The smallest absolute Gasteiger partial charge is 0.380 e. The summed E-state index contributed by atoms with van der Waals surface area (Å²) in [7, 11) is -4.25. The molecule has 1 aromatic heterocycles. The fraction of sp³-hybridized carbons (Fsp3) is 0. The number of rotatable bonds is 4. The lowest BCUT2D eigenvalue weighted by atomic mass is 10.2. The second-order valence-corrected chi connectivity index (χ2v) is 6.46. The fourth-order valence-electron chi connectivity index (χ4n) is 2.20. The van der Waals surface area contributed by atoms with E-state index in [1.165, 1.54) is 18.2 Å². The zero-order chi connectivity index (χ0) is 19.8. The largest absolute Gasteiger partial charge is 0.421 e. The summed E-state index contributed by atoms with van der Waals surface area (Å²) in [4.78, 5) is 24.1. The van der Waals surface area contributed by atoms with E-state index < -0.39 is 33.5 Å². The van der Waals surface area contributed by atoms with E-state index in [1.807, 2.05) is 0 Å². The Labute approximate surface area is 150 Å². The first-order valence-electron chi connectivity index (χ1n) is 7.19. The standard InChI is InChI=1S/C16H10F2N2O6S/c17-11-4-2-9(5-12(11)18)15(21)20-13-6-8-1-3-10(26-27(19,23)24)7-14(8)25-16(13)22/h1-7H,(H,20,21)(H2,19,23,24). The molecule has 1 heterocycles.